The third kappa shape index (κ3) is 4.87. The van der Waals surface area contributed by atoms with Crippen molar-refractivity contribution in [3.63, 3.8) is 0 Å². The maximum absolute atomic E-state index is 9.81. The summed E-state index contributed by atoms with van der Waals surface area (Å²) < 4.78 is 21.1. The van der Waals surface area contributed by atoms with Gasteiger partial charge in [0.05, 0.1) is 33.5 Å². The first-order valence-electron chi connectivity index (χ1n) is 7.69. The van der Waals surface area contributed by atoms with E-state index in [0.717, 1.165) is 11.3 Å². The van der Waals surface area contributed by atoms with Crippen molar-refractivity contribution in [3.8, 4) is 5.75 Å². The third-order valence-corrected chi connectivity index (χ3v) is 3.79. The SMILES string of the molecule is COc1ccc(COCCOC2OC(CO)C(O)C(O)C2O)cc1. The molecule has 0 spiro atoms. The van der Waals surface area contributed by atoms with Crippen LogP contribution < -0.4 is 4.74 Å². The Kier molecular flexibility index (Phi) is 7.38. The molecule has 1 aromatic carbocycles. The van der Waals surface area contributed by atoms with E-state index in [-0.39, 0.29) is 13.2 Å². The molecule has 1 aromatic rings. The van der Waals surface area contributed by atoms with Crippen molar-refractivity contribution in [2.75, 3.05) is 26.9 Å². The minimum absolute atomic E-state index is 0.124. The Morgan fingerprint density at radius 2 is 1.71 bits per heavy atom. The van der Waals surface area contributed by atoms with Crippen LogP contribution in [-0.2, 0) is 20.8 Å². The lowest BCUT2D eigenvalue weighted by atomic mass is 9.99. The Labute approximate surface area is 140 Å². The van der Waals surface area contributed by atoms with Crippen LogP contribution in [0.3, 0.4) is 0 Å². The highest BCUT2D eigenvalue weighted by Gasteiger charge is 2.43. The van der Waals surface area contributed by atoms with Gasteiger partial charge in [0, 0.05) is 0 Å². The lowest BCUT2D eigenvalue weighted by molar-refractivity contribution is -0.302. The molecule has 24 heavy (non-hydrogen) atoms. The second kappa shape index (κ2) is 9.28. The van der Waals surface area contributed by atoms with E-state index in [4.69, 9.17) is 24.1 Å². The average Bonchev–Trinajstić information content (AvgIpc) is 2.61. The summed E-state index contributed by atoms with van der Waals surface area (Å²) in [7, 11) is 1.60. The molecule has 0 aromatic heterocycles. The molecular formula is C16H24O8. The van der Waals surface area contributed by atoms with E-state index in [1.807, 2.05) is 24.3 Å². The molecule has 1 aliphatic rings. The van der Waals surface area contributed by atoms with E-state index in [2.05, 4.69) is 0 Å². The van der Waals surface area contributed by atoms with Gasteiger partial charge >= 0.3 is 0 Å². The highest BCUT2D eigenvalue weighted by molar-refractivity contribution is 5.26. The second-order valence-corrected chi connectivity index (χ2v) is 5.47. The zero-order chi connectivity index (χ0) is 17.5. The number of methoxy groups -OCH3 is 1. The molecule has 0 aliphatic carbocycles. The highest BCUT2D eigenvalue weighted by Crippen LogP contribution is 2.21. The molecule has 5 atom stereocenters. The summed E-state index contributed by atoms with van der Waals surface area (Å²) >= 11 is 0. The van der Waals surface area contributed by atoms with E-state index in [1.54, 1.807) is 7.11 Å². The number of hydrogen-bond acceptors (Lipinski definition) is 8. The molecular weight excluding hydrogens is 320 g/mol. The second-order valence-electron chi connectivity index (χ2n) is 5.47. The summed E-state index contributed by atoms with van der Waals surface area (Å²) in [6.45, 7) is 0.278. The molecule has 8 nitrogen and oxygen atoms in total. The van der Waals surface area contributed by atoms with Gasteiger partial charge in [0.2, 0.25) is 0 Å². The fourth-order valence-corrected chi connectivity index (χ4v) is 2.34. The maximum Gasteiger partial charge on any atom is 0.186 e. The van der Waals surface area contributed by atoms with Gasteiger partial charge in [-0.3, -0.25) is 0 Å². The molecule has 5 unspecified atom stereocenters. The lowest BCUT2D eigenvalue weighted by Crippen LogP contribution is -2.59. The van der Waals surface area contributed by atoms with E-state index < -0.39 is 37.3 Å². The fraction of sp³-hybridized carbons (Fsp3) is 0.625. The van der Waals surface area contributed by atoms with Crippen molar-refractivity contribution in [2.24, 2.45) is 0 Å². The van der Waals surface area contributed by atoms with E-state index in [9.17, 15) is 15.3 Å². The summed E-state index contributed by atoms with van der Waals surface area (Å²) in [4.78, 5) is 0. The average molecular weight is 344 g/mol. The number of benzene rings is 1. The number of aliphatic hydroxyl groups is 4. The van der Waals surface area contributed by atoms with Gasteiger partial charge in [-0.05, 0) is 17.7 Å². The molecule has 136 valence electrons. The first kappa shape index (κ1) is 19.1. The molecule has 1 saturated heterocycles. The molecule has 0 radical (unpaired) electrons. The number of rotatable bonds is 8. The van der Waals surface area contributed by atoms with Crippen molar-refractivity contribution < 1.29 is 39.4 Å². The predicted octanol–water partition coefficient (Wildman–Crippen LogP) is -0.972. The smallest absolute Gasteiger partial charge is 0.186 e. The molecule has 1 aliphatic heterocycles. The predicted molar refractivity (Wildman–Crippen MR) is 82.4 cm³/mol. The highest BCUT2D eigenvalue weighted by atomic mass is 16.7. The zero-order valence-corrected chi connectivity index (χ0v) is 13.4. The monoisotopic (exact) mass is 344 g/mol. The van der Waals surface area contributed by atoms with Gasteiger partial charge in [0.1, 0.15) is 30.2 Å². The molecule has 1 fully saturated rings. The van der Waals surface area contributed by atoms with Crippen molar-refractivity contribution in [1.82, 2.24) is 0 Å². The number of aliphatic hydroxyl groups excluding tert-OH is 4. The Morgan fingerprint density at radius 3 is 2.33 bits per heavy atom. The Morgan fingerprint density at radius 1 is 1.00 bits per heavy atom. The largest absolute Gasteiger partial charge is 0.497 e. The first-order valence-corrected chi connectivity index (χ1v) is 7.69. The molecule has 8 heteroatoms. The van der Waals surface area contributed by atoms with E-state index in [1.165, 1.54) is 0 Å². The minimum Gasteiger partial charge on any atom is -0.497 e. The molecule has 0 amide bonds. The van der Waals surface area contributed by atoms with Crippen LogP contribution in [-0.4, -0.2) is 78.1 Å². The number of ether oxygens (including phenoxy) is 4. The molecule has 1 heterocycles. The third-order valence-electron chi connectivity index (χ3n) is 3.79. The van der Waals surface area contributed by atoms with Crippen LogP contribution in [0, 0.1) is 0 Å². The minimum atomic E-state index is -1.44. The maximum atomic E-state index is 9.81. The standard InChI is InChI=1S/C16H24O8/c1-21-11-4-2-10(3-5-11)9-22-6-7-23-16-15(20)14(19)13(18)12(8-17)24-16/h2-5,12-20H,6-9H2,1H3. The van der Waals surface area contributed by atoms with Crippen molar-refractivity contribution in [2.45, 2.75) is 37.3 Å². The van der Waals surface area contributed by atoms with Crippen LogP contribution in [0.15, 0.2) is 24.3 Å². The number of hydrogen-bond donors (Lipinski definition) is 4. The summed E-state index contributed by atoms with van der Waals surface area (Å²) in [5, 5.41) is 38.2. The van der Waals surface area contributed by atoms with Crippen LogP contribution in [0.2, 0.25) is 0 Å². The van der Waals surface area contributed by atoms with Gasteiger partial charge in [-0.1, -0.05) is 12.1 Å². The van der Waals surface area contributed by atoms with Gasteiger partial charge in [0.15, 0.2) is 6.29 Å². The quantitative estimate of drug-likeness (QED) is 0.445. The Hall–Kier alpha value is -1.26. The lowest BCUT2D eigenvalue weighted by Gasteiger charge is -2.39. The fourth-order valence-electron chi connectivity index (χ4n) is 2.34. The van der Waals surface area contributed by atoms with Crippen molar-refractivity contribution >= 4 is 0 Å². The van der Waals surface area contributed by atoms with Gasteiger partial charge in [-0.25, -0.2) is 0 Å². The summed E-state index contributed by atoms with van der Waals surface area (Å²) in [5.74, 6) is 0.768. The van der Waals surface area contributed by atoms with Crippen LogP contribution >= 0.6 is 0 Å². The summed E-state index contributed by atoms with van der Waals surface area (Å²) in [6, 6.07) is 7.45. The summed E-state index contributed by atoms with van der Waals surface area (Å²) in [6.07, 6.45) is -6.35. The Bertz CT molecular complexity index is 477. The topological polar surface area (TPSA) is 118 Å². The molecule has 0 saturated carbocycles. The summed E-state index contributed by atoms with van der Waals surface area (Å²) in [5.41, 5.74) is 0.976. The normalized spacial score (nSPS) is 30.3. The van der Waals surface area contributed by atoms with Gasteiger partial charge in [-0.15, -0.1) is 0 Å². The van der Waals surface area contributed by atoms with Crippen LogP contribution in [0.4, 0.5) is 0 Å². The van der Waals surface area contributed by atoms with Gasteiger partial charge in [0.25, 0.3) is 0 Å². The van der Waals surface area contributed by atoms with Gasteiger partial charge < -0.3 is 39.4 Å². The van der Waals surface area contributed by atoms with Crippen LogP contribution in [0.1, 0.15) is 5.56 Å². The first-order chi connectivity index (χ1) is 11.6. The van der Waals surface area contributed by atoms with Crippen molar-refractivity contribution in [1.29, 1.82) is 0 Å². The van der Waals surface area contributed by atoms with Crippen LogP contribution in [0.25, 0.3) is 0 Å². The van der Waals surface area contributed by atoms with Gasteiger partial charge in [-0.2, -0.15) is 0 Å². The molecule has 2 rings (SSSR count). The van der Waals surface area contributed by atoms with Crippen molar-refractivity contribution in [3.05, 3.63) is 29.8 Å². The molecule has 0 bridgehead atoms. The van der Waals surface area contributed by atoms with Crippen LogP contribution in [0.5, 0.6) is 5.75 Å². The zero-order valence-electron chi connectivity index (χ0n) is 13.4. The van der Waals surface area contributed by atoms with E-state index >= 15 is 0 Å². The van der Waals surface area contributed by atoms with E-state index in [0.29, 0.717) is 6.61 Å². The molecule has 4 N–H and O–H groups in total. The Balaban J connectivity index is 1.69.